The number of likely N-dealkylation sites (N-methyl/N-ethyl adjacent to an activating group) is 1. The van der Waals surface area contributed by atoms with E-state index >= 15 is 0 Å². The van der Waals surface area contributed by atoms with Gasteiger partial charge in [-0.3, -0.25) is 0 Å². The summed E-state index contributed by atoms with van der Waals surface area (Å²) in [5.41, 5.74) is 1.71. The van der Waals surface area contributed by atoms with Crippen molar-refractivity contribution in [2.75, 3.05) is 27.2 Å². The van der Waals surface area contributed by atoms with Crippen molar-refractivity contribution in [3.63, 3.8) is 0 Å². The van der Waals surface area contributed by atoms with Gasteiger partial charge in [0.2, 0.25) is 0 Å². The largest absolute Gasteiger partial charge is 0.478 e. The molecule has 114 valence electrons. The molecule has 0 unspecified atom stereocenters. The van der Waals surface area contributed by atoms with Gasteiger partial charge in [0.1, 0.15) is 19.7 Å². The van der Waals surface area contributed by atoms with Gasteiger partial charge in [-0.05, 0) is 19.1 Å². The first-order valence-electron chi connectivity index (χ1n) is 6.68. The van der Waals surface area contributed by atoms with Crippen LogP contribution in [-0.4, -0.2) is 48.8 Å². The van der Waals surface area contributed by atoms with Crippen molar-refractivity contribution in [2.45, 2.75) is 13.5 Å². The Labute approximate surface area is 125 Å². The minimum Gasteiger partial charge on any atom is -0.478 e. The Morgan fingerprint density at radius 3 is 2.29 bits per heavy atom. The van der Waals surface area contributed by atoms with Gasteiger partial charge in [-0.1, -0.05) is 18.7 Å². The van der Waals surface area contributed by atoms with Gasteiger partial charge in [0, 0.05) is 11.1 Å². The molecule has 0 spiro atoms. The Hall–Kier alpha value is -2.14. The van der Waals surface area contributed by atoms with Crippen molar-refractivity contribution in [1.82, 2.24) is 0 Å². The molecule has 0 aliphatic carbocycles. The van der Waals surface area contributed by atoms with Gasteiger partial charge in [0.15, 0.2) is 0 Å². The van der Waals surface area contributed by atoms with Gasteiger partial charge >= 0.3 is 11.9 Å². The maximum absolute atomic E-state index is 11.3. The SMILES string of the molecule is C=C(C)C(=O)OCC[N+](C)(C)Cc1ccc(C(=O)O)cc1. The van der Waals surface area contributed by atoms with Crippen molar-refractivity contribution in [2.24, 2.45) is 0 Å². The first-order valence-corrected chi connectivity index (χ1v) is 6.68. The van der Waals surface area contributed by atoms with E-state index in [2.05, 4.69) is 6.58 Å². The molecule has 1 rings (SSSR count). The predicted octanol–water partition coefficient (Wildman–Crippen LogP) is 2.08. The zero-order valence-corrected chi connectivity index (χ0v) is 12.8. The lowest BCUT2D eigenvalue weighted by atomic mass is 10.1. The van der Waals surface area contributed by atoms with Gasteiger partial charge < -0.3 is 14.3 Å². The summed E-state index contributed by atoms with van der Waals surface area (Å²) in [7, 11) is 4.05. The summed E-state index contributed by atoms with van der Waals surface area (Å²) in [6.07, 6.45) is 0. The summed E-state index contributed by atoms with van der Waals surface area (Å²) in [6, 6.07) is 6.81. The Bertz CT molecular complexity index is 532. The number of ether oxygens (including phenoxy) is 1. The zero-order chi connectivity index (χ0) is 16.0. The molecule has 0 amide bonds. The van der Waals surface area contributed by atoms with E-state index in [4.69, 9.17) is 9.84 Å². The number of carboxylic acids is 1. The minimum atomic E-state index is -0.929. The topological polar surface area (TPSA) is 63.6 Å². The highest BCUT2D eigenvalue weighted by Gasteiger charge is 2.17. The number of nitrogens with zero attached hydrogens (tertiary/aromatic N) is 1. The molecule has 1 N–H and O–H groups in total. The zero-order valence-electron chi connectivity index (χ0n) is 12.8. The van der Waals surface area contributed by atoms with Crippen LogP contribution in [0.4, 0.5) is 0 Å². The summed E-state index contributed by atoms with van der Waals surface area (Å²) in [5.74, 6) is -1.30. The first kappa shape index (κ1) is 16.9. The number of carbonyl (C=O) groups is 2. The van der Waals surface area contributed by atoms with E-state index in [-0.39, 0.29) is 11.5 Å². The predicted molar refractivity (Wildman–Crippen MR) is 79.9 cm³/mol. The first-order chi connectivity index (χ1) is 9.71. The molecule has 21 heavy (non-hydrogen) atoms. The van der Waals surface area contributed by atoms with Crippen LogP contribution in [0.15, 0.2) is 36.4 Å². The maximum Gasteiger partial charge on any atom is 0.335 e. The van der Waals surface area contributed by atoms with Crippen LogP contribution in [0.3, 0.4) is 0 Å². The van der Waals surface area contributed by atoms with Crippen molar-refractivity contribution < 1.29 is 23.9 Å². The highest BCUT2D eigenvalue weighted by molar-refractivity contribution is 5.87. The third-order valence-electron chi connectivity index (χ3n) is 3.09. The number of carbonyl (C=O) groups excluding carboxylic acids is 1. The van der Waals surface area contributed by atoms with Crippen LogP contribution >= 0.6 is 0 Å². The fourth-order valence-electron chi connectivity index (χ4n) is 1.83. The minimum absolute atomic E-state index is 0.277. The van der Waals surface area contributed by atoms with Crippen LogP contribution in [0.25, 0.3) is 0 Å². The fraction of sp³-hybridized carbons (Fsp3) is 0.375. The van der Waals surface area contributed by atoms with E-state index in [1.165, 1.54) is 0 Å². The molecule has 5 heteroatoms. The van der Waals surface area contributed by atoms with Crippen LogP contribution in [0.5, 0.6) is 0 Å². The second-order valence-corrected chi connectivity index (χ2v) is 5.74. The highest BCUT2D eigenvalue weighted by Crippen LogP contribution is 2.11. The highest BCUT2D eigenvalue weighted by atomic mass is 16.5. The molecular formula is C16H22NO4+. The second kappa shape index (κ2) is 7.04. The molecule has 0 heterocycles. The average molecular weight is 292 g/mol. The lowest BCUT2D eigenvalue weighted by molar-refractivity contribution is -0.903. The molecule has 0 fully saturated rings. The van der Waals surface area contributed by atoms with Crippen molar-refractivity contribution in [3.05, 3.63) is 47.5 Å². The smallest absolute Gasteiger partial charge is 0.335 e. The van der Waals surface area contributed by atoms with Crippen LogP contribution < -0.4 is 0 Å². The molecule has 0 saturated carbocycles. The standard InChI is InChI=1S/C16H21NO4/c1-12(2)16(20)21-10-9-17(3,4)11-13-5-7-14(8-6-13)15(18)19/h5-8H,1,9-11H2,2-4H3/p+1. The molecule has 0 radical (unpaired) electrons. The monoisotopic (exact) mass is 292 g/mol. The fourth-order valence-corrected chi connectivity index (χ4v) is 1.83. The number of hydrogen-bond acceptors (Lipinski definition) is 3. The van der Waals surface area contributed by atoms with E-state index in [9.17, 15) is 9.59 Å². The Morgan fingerprint density at radius 1 is 1.24 bits per heavy atom. The number of esters is 1. The van der Waals surface area contributed by atoms with E-state index < -0.39 is 5.97 Å². The molecule has 0 aromatic heterocycles. The van der Waals surface area contributed by atoms with Gasteiger partial charge in [-0.2, -0.15) is 0 Å². The second-order valence-electron chi connectivity index (χ2n) is 5.74. The molecule has 1 aromatic rings. The molecular weight excluding hydrogens is 270 g/mol. The molecule has 0 saturated heterocycles. The van der Waals surface area contributed by atoms with Crippen LogP contribution in [-0.2, 0) is 16.1 Å². The lowest BCUT2D eigenvalue weighted by Crippen LogP contribution is -2.41. The number of rotatable bonds is 7. The normalized spacial score (nSPS) is 11.0. The Balaban J connectivity index is 2.53. The lowest BCUT2D eigenvalue weighted by Gasteiger charge is -2.29. The van der Waals surface area contributed by atoms with Crippen molar-refractivity contribution in [3.8, 4) is 0 Å². The van der Waals surface area contributed by atoms with Crippen LogP contribution in [0, 0.1) is 0 Å². The third kappa shape index (κ3) is 5.79. The van der Waals surface area contributed by atoms with Crippen molar-refractivity contribution in [1.29, 1.82) is 0 Å². The molecule has 0 aliphatic heterocycles. The summed E-state index contributed by atoms with van der Waals surface area (Å²) >= 11 is 0. The van der Waals surface area contributed by atoms with Crippen LogP contribution in [0.2, 0.25) is 0 Å². The molecule has 1 aromatic carbocycles. The van der Waals surface area contributed by atoms with Gasteiger partial charge in [-0.15, -0.1) is 0 Å². The quantitative estimate of drug-likeness (QED) is 0.475. The number of benzene rings is 1. The maximum atomic E-state index is 11.3. The number of hydrogen-bond donors (Lipinski definition) is 1. The molecule has 5 nitrogen and oxygen atoms in total. The van der Waals surface area contributed by atoms with Gasteiger partial charge in [0.05, 0.1) is 19.7 Å². The summed E-state index contributed by atoms with van der Waals surface area (Å²) < 4.78 is 5.73. The number of quaternary nitrogens is 1. The van der Waals surface area contributed by atoms with Crippen LogP contribution in [0.1, 0.15) is 22.8 Å². The number of carboxylic acid groups (broad SMARTS) is 1. The van der Waals surface area contributed by atoms with E-state index in [1.54, 1.807) is 19.1 Å². The number of aromatic carboxylic acids is 1. The van der Waals surface area contributed by atoms with E-state index in [0.717, 1.165) is 12.1 Å². The molecule has 0 bridgehead atoms. The summed E-state index contributed by atoms with van der Waals surface area (Å²) in [6.45, 7) is 6.87. The summed E-state index contributed by atoms with van der Waals surface area (Å²) in [4.78, 5) is 22.1. The van der Waals surface area contributed by atoms with Gasteiger partial charge in [-0.25, -0.2) is 9.59 Å². The molecule has 0 atom stereocenters. The van der Waals surface area contributed by atoms with Crippen molar-refractivity contribution >= 4 is 11.9 Å². The third-order valence-corrected chi connectivity index (χ3v) is 3.09. The average Bonchev–Trinajstić information content (AvgIpc) is 2.38. The Kier molecular flexibility index (Phi) is 5.67. The van der Waals surface area contributed by atoms with E-state index in [0.29, 0.717) is 23.2 Å². The summed E-state index contributed by atoms with van der Waals surface area (Å²) in [5, 5.41) is 8.86. The van der Waals surface area contributed by atoms with E-state index in [1.807, 2.05) is 26.2 Å². The van der Waals surface area contributed by atoms with Gasteiger partial charge in [0.25, 0.3) is 0 Å². The molecule has 0 aliphatic rings. The Morgan fingerprint density at radius 2 is 1.81 bits per heavy atom.